The van der Waals surface area contributed by atoms with E-state index in [-0.39, 0.29) is 11.7 Å². The maximum Gasteiger partial charge on any atom is 0.231 e. The summed E-state index contributed by atoms with van der Waals surface area (Å²) in [5.41, 5.74) is 3.00. The summed E-state index contributed by atoms with van der Waals surface area (Å²) in [7, 11) is 0. The number of aromatic amines is 1. The minimum atomic E-state index is -0.236. The zero-order valence-electron chi connectivity index (χ0n) is 16.4. The highest BCUT2D eigenvalue weighted by Crippen LogP contribution is 2.29. The van der Waals surface area contributed by atoms with Crippen LogP contribution in [0.15, 0.2) is 35.0 Å². The van der Waals surface area contributed by atoms with E-state index in [0.717, 1.165) is 67.4 Å². The van der Waals surface area contributed by atoms with Gasteiger partial charge in [-0.25, -0.2) is 4.39 Å². The fourth-order valence-electron chi connectivity index (χ4n) is 3.82. The van der Waals surface area contributed by atoms with Crippen molar-refractivity contribution in [2.24, 2.45) is 5.92 Å². The summed E-state index contributed by atoms with van der Waals surface area (Å²) in [6.45, 7) is 7.01. The molecule has 0 amide bonds. The van der Waals surface area contributed by atoms with E-state index in [1.165, 1.54) is 12.1 Å². The molecule has 148 valence electrons. The van der Waals surface area contributed by atoms with Crippen LogP contribution >= 0.6 is 0 Å². The summed E-state index contributed by atoms with van der Waals surface area (Å²) in [5, 5.41) is 11.4. The van der Waals surface area contributed by atoms with Gasteiger partial charge >= 0.3 is 0 Å². The average molecular weight is 383 g/mol. The fourth-order valence-corrected chi connectivity index (χ4v) is 3.82. The number of nitrogens with zero attached hydrogens (tertiary/aromatic N) is 4. The third kappa shape index (κ3) is 4.30. The number of aromatic nitrogens is 4. The van der Waals surface area contributed by atoms with Crippen LogP contribution in [-0.4, -0.2) is 38.3 Å². The van der Waals surface area contributed by atoms with Gasteiger partial charge in [-0.05, 0) is 49.6 Å². The van der Waals surface area contributed by atoms with Gasteiger partial charge in [-0.15, -0.1) is 0 Å². The number of H-pyrrole nitrogens is 1. The lowest BCUT2D eigenvalue weighted by Gasteiger charge is -2.30. The summed E-state index contributed by atoms with van der Waals surface area (Å²) in [5.74, 6) is 2.10. The molecule has 0 aliphatic carbocycles. The molecule has 1 N–H and O–H groups in total. The number of benzene rings is 1. The van der Waals surface area contributed by atoms with Crippen LogP contribution in [0.25, 0.3) is 11.3 Å². The predicted octanol–water partition coefficient (Wildman–Crippen LogP) is 4.18. The van der Waals surface area contributed by atoms with Crippen LogP contribution in [-0.2, 0) is 13.0 Å². The number of halogens is 1. The summed E-state index contributed by atoms with van der Waals surface area (Å²) in [6, 6.07) is 6.50. The molecule has 0 radical (unpaired) electrons. The van der Waals surface area contributed by atoms with E-state index >= 15 is 0 Å². The first-order valence-corrected chi connectivity index (χ1v) is 9.91. The molecular formula is C21H26FN5O. The van der Waals surface area contributed by atoms with E-state index in [2.05, 4.69) is 39.1 Å². The Labute approximate surface area is 164 Å². The maximum atomic E-state index is 13.2. The van der Waals surface area contributed by atoms with Crippen LogP contribution in [0, 0.1) is 11.7 Å². The molecule has 0 unspecified atom stereocenters. The van der Waals surface area contributed by atoms with Gasteiger partial charge in [0.2, 0.25) is 5.89 Å². The Morgan fingerprint density at radius 3 is 2.89 bits per heavy atom. The van der Waals surface area contributed by atoms with Crippen molar-refractivity contribution in [2.45, 2.75) is 45.6 Å². The smallest absolute Gasteiger partial charge is 0.231 e. The molecule has 0 saturated carbocycles. The highest BCUT2D eigenvalue weighted by molar-refractivity contribution is 5.62. The SMILES string of the molecule is CC(C)Cc1noc([C@H]2CCCN(Cc3cn[nH]c3-c3ccc(F)cc3)C2)n1. The summed E-state index contributed by atoms with van der Waals surface area (Å²) >= 11 is 0. The third-order valence-corrected chi connectivity index (χ3v) is 5.17. The lowest BCUT2D eigenvalue weighted by Crippen LogP contribution is -2.34. The second-order valence-electron chi connectivity index (χ2n) is 8.00. The van der Waals surface area contributed by atoms with Gasteiger partial charge < -0.3 is 4.52 Å². The first-order valence-electron chi connectivity index (χ1n) is 9.91. The molecule has 2 aromatic heterocycles. The molecule has 1 aromatic carbocycles. The molecule has 4 rings (SSSR count). The van der Waals surface area contributed by atoms with Crippen LogP contribution in [0.2, 0.25) is 0 Å². The van der Waals surface area contributed by atoms with Crippen molar-refractivity contribution >= 4 is 0 Å². The molecule has 6 nitrogen and oxygen atoms in total. The van der Waals surface area contributed by atoms with E-state index in [1.54, 1.807) is 12.1 Å². The average Bonchev–Trinajstić information content (AvgIpc) is 3.32. The first kappa shape index (κ1) is 18.8. The van der Waals surface area contributed by atoms with Crippen molar-refractivity contribution in [3.05, 3.63) is 53.6 Å². The van der Waals surface area contributed by atoms with Crippen molar-refractivity contribution in [3.63, 3.8) is 0 Å². The van der Waals surface area contributed by atoms with Gasteiger partial charge in [-0.2, -0.15) is 10.1 Å². The number of hydrogen-bond donors (Lipinski definition) is 1. The summed E-state index contributed by atoms with van der Waals surface area (Å²) in [6.07, 6.45) is 4.86. The number of rotatable bonds is 6. The van der Waals surface area contributed by atoms with Crippen LogP contribution in [0.5, 0.6) is 0 Å². The second kappa shape index (κ2) is 8.22. The highest BCUT2D eigenvalue weighted by Gasteiger charge is 2.27. The standard InChI is InChI=1S/C21H26FN5O/c1-14(2)10-19-24-21(28-26-19)16-4-3-9-27(12-16)13-17-11-23-25-20(17)15-5-7-18(22)8-6-15/h5-8,11,14,16H,3-4,9-10,12-13H2,1-2H3,(H,23,25)/t16-/m0/s1. The van der Waals surface area contributed by atoms with Gasteiger partial charge in [-0.3, -0.25) is 10.00 Å². The molecule has 3 aromatic rings. The van der Waals surface area contributed by atoms with E-state index in [0.29, 0.717) is 5.92 Å². The molecule has 1 atom stereocenters. The molecule has 1 aliphatic heterocycles. The largest absolute Gasteiger partial charge is 0.339 e. The molecule has 28 heavy (non-hydrogen) atoms. The lowest BCUT2D eigenvalue weighted by atomic mass is 9.97. The van der Waals surface area contributed by atoms with Crippen molar-refractivity contribution < 1.29 is 8.91 Å². The maximum absolute atomic E-state index is 13.2. The van der Waals surface area contributed by atoms with E-state index < -0.39 is 0 Å². The molecule has 1 aliphatic rings. The minimum Gasteiger partial charge on any atom is -0.339 e. The van der Waals surface area contributed by atoms with E-state index in [9.17, 15) is 4.39 Å². The van der Waals surface area contributed by atoms with Crippen molar-refractivity contribution in [1.29, 1.82) is 0 Å². The Hall–Kier alpha value is -2.54. The van der Waals surface area contributed by atoms with E-state index in [1.807, 2.05) is 6.20 Å². The molecule has 0 bridgehead atoms. The number of hydrogen-bond acceptors (Lipinski definition) is 5. The Morgan fingerprint density at radius 1 is 1.29 bits per heavy atom. The Morgan fingerprint density at radius 2 is 2.11 bits per heavy atom. The first-order chi connectivity index (χ1) is 13.6. The molecule has 7 heteroatoms. The van der Waals surface area contributed by atoms with Gasteiger partial charge in [0, 0.05) is 30.6 Å². The topological polar surface area (TPSA) is 70.8 Å². The van der Waals surface area contributed by atoms with Crippen molar-refractivity contribution in [1.82, 2.24) is 25.2 Å². The molecular weight excluding hydrogens is 357 g/mol. The molecule has 0 spiro atoms. The number of likely N-dealkylation sites (tertiary alicyclic amines) is 1. The Bertz CT molecular complexity index is 902. The predicted molar refractivity (Wildman–Crippen MR) is 104 cm³/mol. The quantitative estimate of drug-likeness (QED) is 0.691. The normalized spacial score (nSPS) is 18.1. The second-order valence-corrected chi connectivity index (χ2v) is 8.00. The highest BCUT2D eigenvalue weighted by atomic mass is 19.1. The van der Waals surface area contributed by atoms with Crippen molar-refractivity contribution in [2.75, 3.05) is 13.1 Å². The minimum absolute atomic E-state index is 0.236. The third-order valence-electron chi connectivity index (χ3n) is 5.17. The molecule has 1 fully saturated rings. The van der Waals surface area contributed by atoms with Gasteiger partial charge in [-0.1, -0.05) is 19.0 Å². The van der Waals surface area contributed by atoms with Crippen LogP contribution in [0.1, 0.15) is 49.9 Å². The van der Waals surface area contributed by atoms with Crippen LogP contribution in [0.3, 0.4) is 0 Å². The van der Waals surface area contributed by atoms with Crippen LogP contribution < -0.4 is 0 Å². The van der Waals surface area contributed by atoms with Gasteiger partial charge in [0.25, 0.3) is 0 Å². The monoisotopic (exact) mass is 383 g/mol. The van der Waals surface area contributed by atoms with Crippen molar-refractivity contribution in [3.8, 4) is 11.3 Å². The van der Waals surface area contributed by atoms with Gasteiger partial charge in [0.1, 0.15) is 5.82 Å². The van der Waals surface area contributed by atoms with Gasteiger partial charge in [0.15, 0.2) is 5.82 Å². The Balaban J connectivity index is 1.44. The zero-order valence-corrected chi connectivity index (χ0v) is 16.4. The summed E-state index contributed by atoms with van der Waals surface area (Å²) < 4.78 is 18.8. The van der Waals surface area contributed by atoms with Crippen LogP contribution in [0.4, 0.5) is 4.39 Å². The molecule has 1 saturated heterocycles. The molecule has 3 heterocycles. The van der Waals surface area contributed by atoms with Gasteiger partial charge in [0.05, 0.1) is 17.8 Å². The number of nitrogens with one attached hydrogen (secondary N) is 1. The zero-order chi connectivity index (χ0) is 19.5. The lowest BCUT2D eigenvalue weighted by molar-refractivity contribution is 0.180. The summed E-state index contributed by atoms with van der Waals surface area (Å²) in [4.78, 5) is 7.02. The number of piperidine rings is 1. The fraction of sp³-hybridized carbons (Fsp3) is 0.476. The van der Waals surface area contributed by atoms with E-state index in [4.69, 9.17) is 4.52 Å². The Kier molecular flexibility index (Phi) is 5.52.